The number of hydrogen-bond acceptors (Lipinski definition) is 6. The number of anilines is 1. The Labute approximate surface area is 239 Å². The van der Waals surface area contributed by atoms with Crippen LogP contribution in [0.1, 0.15) is 67.9 Å². The average molecular weight is 580 g/mol. The number of halogens is 2. The highest BCUT2D eigenvalue weighted by Crippen LogP contribution is 2.31. The standard InChI is InChI=1S/C30H31F2N5O5/c1-17(2)37-25-13-23(32)24(12-21(25)28(40)36(29(37)41)16-18-3-4-18)34-26(38)14-30(7-9-42-10-8-30)35-27(39)19-5-6-20(15-33)22(31)11-19/h5-6,11-13,17-18H,3-4,7-10,14,16H2,1-2H3,(H,34,38)(H,35,39). The van der Waals surface area contributed by atoms with Crippen LogP contribution in [0.15, 0.2) is 39.9 Å². The topological polar surface area (TPSA) is 135 Å². The molecule has 1 saturated heterocycles. The zero-order valence-corrected chi connectivity index (χ0v) is 23.3. The molecule has 2 aliphatic rings. The largest absolute Gasteiger partial charge is 0.381 e. The number of fused-ring (bicyclic) bond motifs is 1. The van der Waals surface area contributed by atoms with Crippen molar-refractivity contribution in [2.75, 3.05) is 18.5 Å². The molecule has 2 aromatic carbocycles. The van der Waals surface area contributed by atoms with E-state index in [0.717, 1.165) is 25.0 Å². The lowest BCUT2D eigenvalue weighted by atomic mass is 9.85. The number of nitrogens with zero attached hydrogens (tertiary/aromatic N) is 3. The van der Waals surface area contributed by atoms with E-state index in [-0.39, 0.29) is 78.7 Å². The molecular weight excluding hydrogens is 548 g/mol. The minimum absolute atomic E-state index is 0.0166. The maximum atomic E-state index is 15.3. The molecule has 2 heterocycles. The number of nitriles is 1. The second kappa shape index (κ2) is 11.5. The van der Waals surface area contributed by atoms with Gasteiger partial charge in [-0.05, 0) is 69.7 Å². The zero-order chi connectivity index (χ0) is 30.2. The van der Waals surface area contributed by atoms with Crippen molar-refractivity contribution in [2.45, 2.75) is 64.1 Å². The minimum Gasteiger partial charge on any atom is -0.381 e. The number of rotatable bonds is 8. The van der Waals surface area contributed by atoms with E-state index in [2.05, 4.69) is 10.6 Å². The highest BCUT2D eigenvalue weighted by Gasteiger charge is 2.37. The molecule has 0 bridgehead atoms. The molecule has 0 atom stereocenters. The molecule has 2 fully saturated rings. The van der Waals surface area contributed by atoms with Crippen LogP contribution in [0, 0.1) is 28.9 Å². The van der Waals surface area contributed by atoms with Crippen molar-refractivity contribution in [1.29, 1.82) is 5.26 Å². The summed E-state index contributed by atoms with van der Waals surface area (Å²) in [7, 11) is 0. The summed E-state index contributed by atoms with van der Waals surface area (Å²) in [4.78, 5) is 52.7. The third-order valence-corrected chi connectivity index (χ3v) is 7.86. The van der Waals surface area contributed by atoms with E-state index >= 15 is 4.39 Å². The van der Waals surface area contributed by atoms with Gasteiger partial charge in [-0.15, -0.1) is 0 Å². The van der Waals surface area contributed by atoms with Gasteiger partial charge >= 0.3 is 5.69 Å². The molecule has 12 heteroatoms. The smallest absolute Gasteiger partial charge is 0.331 e. The van der Waals surface area contributed by atoms with Crippen LogP contribution < -0.4 is 21.9 Å². The van der Waals surface area contributed by atoms with E-state index in [9.17, 15) is 23.6 Å². The van der Waals surface area contributed by atoms with Gasteiger partial charge in [-0.25, -0.2) is 13.6 Å². The summed E-state index contributed by atoms with van der Waals surface area (Å²) in [5, 5.41) is 14.4. The van der Waals surface area contributed by atoms with Crippen LogP contribution in [0.3, 0.4) is 0 Å². The van der Waals surface area contributed by atoms with Crippen LogP contribution in [-0.2, 0) is 16.1 Å². The lowest BCUT2D eigenvalue weighted by Crippen LogP contribution is -2.53. The number of hydrogen-bond donors (Lipinski definition) is 2. The summed E-state index contributed by atoms with van der Waals surface area (Å²) < 4.78 is 37.4. The lowest BCUT2D eigenvalue weighted by molar-refractivity contribution is -0.118. The molecule has 10 nitrogen and oxygen atoms in total. The van der Waals surface area contributed by atoms with Crippen molar-refractivity contribution in [3.63, 3.8) is 0 Å². The summed E-state index contributed by atoms with van der Waals surface area (Å²) in [5.41, 5.74) is -2.40. The summed E-state index contributed by atoms with van der Waals surface area (Å²) in [5.74, 6) is -2.65. The Hall–Kier alpha value is -4.37. The number of carbonyl (C=O) groups excluding carboxylic acids is 2. The second-order valence-corrected chi connectivity index (χ2v) is 11.3. The molecule has 2 amide bonds. The van der Waals surface area contributed by atoms with E-state index in [1.54, 1.807) is 19.9 Å². The zero-order valence-electron chi connectivity index (χ0n) is 23.3. The third-order valence-electron chi connectivity index (χ3n) is 7.86. The Morgan fingerprint density at radius 3 is 2.45 bits per heavy atom. The highest BCUT2D eigenvalue weighted by molar-refractivity contribution is 5.97. The van der Waals surface area contributed by atoms with Crippen LogP contribution in [0.5, 0.6) is 0 Å². The van der Waals surface area contributed by atoms with Crippen LogP contribution >= 0.6 is 0 Å². The first kappa shape index (κ1) is 29.1. The van der Waals surface area contributed by atoms with Crippen LogP contribution in [-0.4, -0.2) is 39.7 Å². The fraction of sp³-hybridized carbons (Fsp3) is 0.433. The van der Waals surface area contributed by atoms with Gasteiger partial charge in [-0.1, -0.05) is 0 Å². The summed E-state index contributed by atoms with van der Waals surface area (Å²) in [6.07, 6.45) is 2.17. The fourth-order valence-corrected chi connectivity index (χ4v) is 5.38. The van der Waals surface area contributed by atoms with Crippen LogP contribution in [0.4, 0.5) is 14.5 Å². The summed E-state index contributed by atoms with van der Waals surface area (Å²) in [6, 6.07) is 7.17. The van der Waals surface area contributed by atoms with Crippen LogP contribution in [0.25, 0.3) is 10.9 Å². The summed E-state index contributed by atoms with van der Waals surface area (Å²) in [6.45, 7) is 4.34. The van der Waals surface area contributed by atoms with Crippen molar-refractivity contribution >= 4 is 28.4 Å². The van der Waals surface area contributed by atoms with E-state index in [1.807, 2.05) is 0 Å². The van der Waals surface area contributed by atoms with E-state index < -0.39 is 40.2 Å². The predicted molar refractivity (Wildman–Crippen MR) is 150 cm³/mol. The van der Waals surface area contributed by atoms with E-state index in [4.69, 9.17) is 10.00 Å². The molecule has 5 rings (SSSR count). The van der Waals surface area contributed by atoms with Gasteiger partial charge in [-0.3, -0.25) is 23.5 Å². The molecular formula is C30H31F2N5O5. The Morgan fingerprint density at radius 2 is 1.83 bits per heavy atom. The number of aromatic nitrogens is 2. The van der Waals surface area contributed by atoms with Gasteiger partial charge in [0.15, 0.2) is 0 Å². The molecule has 0 unspecified atom stereocenters. The molecule has 42 heavy (non-hydrogen) atoms. The number of nitrogens with one attached hydrogen (secondary N) is 2. The van der Waals surface area contributed by atoms with Gasteiger partial charge < -0.3 is 15.4 Å². The Kier molecular flexibility index (Phi) is 7.97. The normalized spacial score (nSPS) is 16.3. The maximum absolute atomic E-state index is 15.3. The van der Waals surface area contributed by atoms with Crippen molar-refractivity contribution in [1.82, 2.24) is 14.5 Å². The first-order valence-corrected chi connectivity index (χ1v) is 13.9. The molecule has 220 valence electrons. The minimum atomic E-state index is -1.06. The second-order valence-electron chi connectivity index (χ2n) is 11.3. The molecule has 2 N–H and O–H groups in total. The first-order chi connectivity index (χ1) is 20.0. The SMILES string of the molecule is CC(C)n1c(=O)n(CC2CC2)c(=O)c2cc(NC(=O)CC3(NC(=O)c4ccc(C#N)c(F)c4)CCOCC3)c(F)cc21. The molecule has 1 aliphatic carbocycles. The quantitative estimate of drug-likeness (QED) is 0.419. The van der Waals surface area contributed by atoms with Gasteiger partial charge in [0.1, 0.15) is 17.7 Å². The Balaban J connectivity index is 1.42. The summed E-state index contributed by atoms with van der Waals surface area (Å²) >= 11 is 0. The van der Waals surface area contributed by atoms with Gasteiger partial charge in [0.2, 0.25) is 5.91 Å². The monoisotopic (exact) mass is 579 g/mol. The van der Waals surface area contributed by atoms with Crippen LogP contribution in [0.2, 0.25) is 0 Å². The van der Waals surface area contributed by atoms with Gasteiger partial charge in [0, 0.05) is 37.4 Å². The number of carbonyl (C=O) groups is 2. The molecule has 0 spiro atoms. The maximum Gasteiger partial charge on any atom is 0.331 e. The van der Waals surface area contributed by atoms with Crippen molar-refractivity contribution in [2.24, 2.45) is 5.92 Å². The van der Waals surface area contributed by atoms with Crippen molar-refractivity contribution in [3.8, 4) is 6.07 Å². The van der Waals surface area contributed by atoms with Crippen molar-refractivity contribution < 1.29 is 23.1 Å². The van der Waals surface area contributed by atoms with Gasteiger partial charge in [0.25, 0.3) is 11.5 Å². The number of amides is 2. The van der Waals surface area contributed by atoms with E-state index in [0.29, 0.717) is 0 Å². The number of ether oxygens (including phenoxy) is 1. The third kappa shape index (κ3) is 5.83. The molecule has 1 saturated carbocycles. The van der Waals surface area contributed by atoms with Gasteiger partial charge in [0.05, 0.1) is 34.1 Å². The highest BCUT2D eigenvalue weighted by atomic mass is 19.1. The predicted octanol–water partition coefficient (Wildman–Crippen LogP) is 3.61. The van der Waals surface area contributed by atoms with Crippen molar-refractivity contribution in [3.05, 3.63) is 73.9 Å². The average Bonchev–Trinajstić information content (AvgIpc) is 3.76. The molecule has 0 radical (unpaired) electrons. The van der Waals surface area contributed by atoms with Gasteiger partial charge in [-0.2, -0.15) is 5.26 Å². The number of benzene rings is 2. The Bertz CT molecular complexity index is 1730. The Morgan fingerprint density at radius 1 is 1.12 bits per heavy atom. The molecule has 3 aromatic rings. The fourth-order valence-electron chi connectivity index (χ4n) is 5.38. The van der Waals surface area contributed by atoms with E-state index in [1.165, 1.54) is 27.3 Å². The lowest BCUT2D eigenvalue weighted by Gasteiger charge is -2.37. The first-order valence-electron chi connectivity index (χ1n) is 13.9. The molecule has 1 aromatic heterocycles. The molecule has 1 aliphatic heterocycles.